The third-order valence-electron chi connectivity index (χ3n) is 3.40. The number of morpholine rings is 1. The van der Waals surface area contributed by atoms with Gasteiger partial charge in [-0.05, 0) is 23.8 Å². The third-order valence-corrected chi connectivity index (χ3v) is 3.40. The zero-order valence-corrected chi connectivity index (χ0v) is 10.8. The van der Waals surface area contributed by atoms with Crippen LogP contribution in [0.3, 0.4) is 0 Å². The first kappa shape index (κ1) is 12.4. The van der Waals surface area contributed by atoms with Crippen molar-refractivity contribution >= 4 is 11.6 Å². The van der Waals surface area contributed by atoms with Gasteiger partial charge in [-0.15, -0.1) is 0 Å². The molecule has 1 aromatic rings. The van der Waals surface area contributed by atoms with E-state index >= 15 is 0 Å². The Morgan fingerprint density at radius 2 is 2.37 bits per heavy atom. The lowest BCUT2D eigenvalue weighted by Crippen LogP contribution is -2.43. The molecule has 19 heavy (non-hydrogen) atoms. The smallest absolute Gasteiger partial charge is 0.226 e. The van der Waals surface area contributed by atoms with Crippen molar-refractivity contribution in [2.45, 2.75) is 18.9 Å². The molecule has 0 spiro atoms. The van der Waals surface area contributed by atoms with Gasteiger partial charge in [-0.1, -0.05) is 0 Å². The molecular formula is C14H18N2O3. The Balaban J connectivity index is 1.56. The molecule has 1 saturated heterocycles. The minimum absolute atomic E-state index is 0.0156. The summed E-state index contributed by atoms with van der Waals surface area (Å²) in [5.74, 6) is 0.946. The summed E-state index contributed by atoms with van der Waals surface area (Å²) in [6.45, 7) is 2.87. The van der Waals surface area contributed by atoms with E-state index in [9.17, 15) is 4.79 Å². The van der Waals surface area contributed by atoms with Crippen LogP contribution in [-0.4, -0.2) is 38.3 Å². The SMILES string of the molecule is O=C(CC1COCCN1)Nc1ccc2c(c1)CCO2. The van der Waals surface area contributed by atoms with Crippen molar-refractivity contribution in [1.29, 1.82) is 0 Å². The number of rotatable bonds is 3. The van der Waals surface area contributed by atoms with Gasteiger partial charge in [-0.2, -0.15) is 0 Å². The lowest BCUT2D eigenvalue weighted by molar-refractivity contribution is -0.117. The predicted molar refractivity (Wildman–Crippen MR) is 71.5 cm³/mol. The summed E-state index contributed by atoms with van der Waals surface area (Å²) in [4.78, 5) is 11.9. The Morgan fingerprint density at radius 1 is 1.42 bits per heavy atom. The molecule has 1 amide bonds. The Labute approximate surface area is 112 Å². The van der Waals surface area contributed by atoms with Gasteiger partial charge in [0.2, 0.25) is 5.91 Å². The van der Waals surface area contributed by atoms with Crippen molar-refractivity contribution in [3.8, 4) is 5.75 Å². The molecule has 1 fully saturated rings. The quantitative estimate of drug-likeness (QED) is 0.851. The molecule has 5 nitrogen and oxygen atoms in total. The van der Waals surface area contributed by atoms with Crippen LogP contribution in [0, 0.1) is 0 Å². The van der Waals surface area contributed by atoms with Crippen LogP contribution in [-0.2, 0) is 16.0 Å². The molecule has 0 radical (unpaired) electrons. The van der Waals surface area contributed by atoms with Gasteiger partial charge in [-0.25, -0.2) is 0 Å². The number of hydrogen-bond acceptors (Lipinski definition) is 4. The van der Waals surface area contributed by atoms with Crippen LogP contribution in [0.1, 0.15) is 12.0 Å². The monoisotopic (exact) mass is 262 g/mol. The van der Waals surface area contributed by atoms with E-state index in [1.165, 1.54) is 0 Å². The van der Waals surface area contributed by atoms with E-state index in [-0.39, 0.29) is 11.9 Å². The highest BCUT2D eigenvalue weighted by molar-refractivity contribution is 5.91. The Kier molecular flexibility index (Phi) is 3.66. The molecule has 102 valence electrons. The van der Waals surface area contributed by atoms with Crippen LogP contribution in [0.4, 0.5) is 5.69 Å². The molecule has 0 aliphatic carbocycles. The maximum Gasteiger partial charge on any atom is 0.226 e. The van der Waals surface area contributed by atoms with Crippen LogP contribution in [0.15, 0.2) is 18.2 Å². The van der Waals surface area contributed by atoms with Gasteiger partial charge in [-0.3, -0.25) is 4.79 Å². The Bertz CT molecular complexity index is 470. The summed E-state index contributed by atoms with van der Waals surface area (Å²) < 4.78 is 10.8. The van der Waals surface area contributed by atoms with Gasteiger partial charge in [0, 0.05) is 31.1 Å². The van der Waals surface area contributed by atoms with Gasteiger partial charge >= 0.3 is 0 Å². The van der Waals surface area contributed by atoms with E-state index in [1.54, 1.807) is 0 Å². The molecule has 2 N–H and O–H groups in total. The summed E-state index contributed by atoms with van der Waals surface area (Å²) >= 11 is 0. The predicted octanol–water partition coefficient (Wildman–Crippen LogP) is 0.938. The molecule has 2 heterocycles. The first-order chi connectivity index (χ1) is 9.31. The molecule has 2 aliphatic heterocycles. The number of carbonyl (C=O) groups is 1. The number of amides is 1. The second-order valence-electron chi connectivity index (χ2n) is 4.90. The summed E-state index contributed by atoms with van der Waals surface area (Å²) in [5.41, 5.74) is 2.00. The zero-order valence-electron chi connectivity index (χ0n) is 10.8. The van der Waals surface area contributed by atoms with E-state index in [1.807, 2.05) is 18.2 Å². The van der Waals surface area contributed by atoms with E-state index in [0.29, 0.717) is 13.0 Å². The molecule has 1 unspecified atom stereocenters. The first-order valence-electron chi connectivity index (χ1n) is 6.68. The van der Waals surface area contributed by atoms with Crippen molar-refractivity contribution in [1.82, 2.24) is 5.32 Å². The first-order valence-corrected chi connectivity index (χ1v) is 6.68. The third kappa shape index (κ3) is 3.05. The number of hydrogen-bond donors (Lipinski definition) is 2. The minimum atomic E-state index is 0.0156. The maximum atomic E-state index is 11.9. The summed E-state index contributed by atoms with van der Waals surface area (Å²) in [6, 6.07) is 5.91. The van der Waals surface area contributed by atoms with Crippen molar-refractivity contribution < 1.29 is 14.3 Å². The molecule has 0 bridgehead atoms. The van der Waals surface area contributed by atoms with Crippen LogP contribution in [0.5, 0.6) is 5.75 Å². The fraction of sp³-hybridized carbons (Fsp3) is 0.500. The average Bonchev–Trinajstić information content (AvgIpc) is 2.87. The number of anilines is 1. The highest BCUT2D eigenvalue weighted by atomic mass is 16.5. The standard InChI is InChI=1S/C14H18N2O3/c17-14(8-12-9-18-6-4-15-12)16-11-1-2-13-10(7-11)3-5-19-13/h1-2,7,12,15H,3-6,8-9H2,(H,16,17). The van der Waals surface area contributed by atoms with E-state index < -0.39 is 0 Å². The highest BCUT2D eigenvalue weighted by Crippen LogP contribution is 2.27. The van der Waals surface area contributed by atoms with Crippen molar-refractivity contribution in [3.05, 3.63) is 23.8 Å². The van der Waals surface area contributed by atoms with E-state index in [0.717, 1.165) is 43.2 Å². The van der Waals surface area contributed by atoms with Crippen LogP contribution >= 0.6 is 0 Å². The second-order valence-corrected chi connectivity index (χ2v) is 4.90. The number of ether oxygens (including phenoxy) is 2. The number of fused-ring (bicyclic) bond motifs is 1. The molecule has 0 aromatic heterocycles. The molecule has 3 rings (SSSR count). The Hall–Kier alpha value is -1.59. The summed E-state index contributed by atoms with van der Waals surface area (Å²) in [5, 5.41) is 6.20. The van der Waals surface area contributed by atoms with Crippen LogP contribution in [0.2, 0.25) is 0 Å². The molecule has 2 aliphatic rings. The van der Waals surface area contributed by atoms with Crippen molar-refractivity contribution in [2.75, 3.05) is 31.7 Å². The van der Waals surface area contributed by atoms with Gasteiger partial charge < -0.3 is 20.1 Å². The highest BCUT2D eigenvalue weighted by Gasteiger charge is 2.18. The molecule has 1 aromatic carbocycles. The summed E-state index contributed by atoms with van der Waals surface area (Å²) in [6.07, 6.45) is 1.35. The van der Waals surface area contributed by atoms with Gasteiger partial charge in [0.1, 0.15) is 5.75 Å². The molecule has 1 atom stereocenters. The van der Waals surface area contributed by atoms with E-state index in [2.05, 4.69) is 10.6 Å². The summed E-state index contributed by atoms with van der Waals surface area (Å²) in [7, 11) is 0. The Morgan fingerprint density at radius 3 is 3.21 bits per heavy atom. The normalized spacial score (nSPS) is 21.6. The van der Waals surface area contributed by atoms with Gasteiger partial charge in [0.15, 0.2) is 0 Å². The fourth-order valence-corrected chi connectivity index (χ4v) is 2.45. The van der Waals surface area contributed by atoms with Gasteiger partial charge in [0.05, 0.1) is 19.8 Å². The maximum absolute atomic E-state index is 11.9. The second kappa shape index (κ2) is 5.59. The van der Waals surface area contributed by atoms with Gasteiger partial charge in [0.25, 0.3) is 0 Å². The molecule has 0 saturated carbocycles. The van der Waals surface area contributed by atoms with E-state index in [4.69, 9.17) is 9.47 Å². The lowest BCUT2D eigenvalue weighted by Gasteiger charge is -2.23. The number of benzene rings is 1. The number of carbonyl (C=O) groups excluding carboxylic acids is 1. The average molecular weight is 262 g/mol. The van der Waals surface area contributed by atoms with Crippen molar-refractivity contribution in [3.63, 3.8) is 0 Å². The fourth-order valence-electron chi connectivity index (χ4n) is 2.45. The van der Waals surface area contributed by atoms with Crippen LogP contribution < -0.4 is 15.4 Å². The minimum Gasteiger partial charge on any atom is -0.493 e. The lowest BCUT2D eigenvalue weighted by atomic mass is 10.1. The molecule has 5 heteroatoms. The topological polar surface area (TPSA) is 59.6 Å². The zero-order chi connectivity index (χ0) is 13.1. The largest absolute Gasteiger partial charge is 0.493 e. The molecular weight excluding hydrogens is 244 g/mol. The van der Waals surface area contributed by atoms with Crippen molar-refractivity contribution in [2.24, 2.45) is 0 Å². The van der Waals surface area contributed by atoms with Crippen LogP contribution in [0.25, 0.3) is 0 Å². The number of nitrogens with one attached hydrogen (secondary N) is 2.